The second kappa shape index (κ2) is 8.91. The Morgan fingerprint density at radius 1 is 1.21 bits per heavy atom. The topological polar surface area (TPSA) is 86.6 Å². The van der Waals surface area contributed by atoms with Gasteiger partial charge in [-0.15, -0.1) is 0 Å². The molecular formula is C21H26N2O5. The second-order valence-electron chi connectivity index (χ2n) is 7.03. The number of amides is 1. The van der Waals surface area contributed by atoms with Gasteiger partial charge >= 0.3 is 5.97 Å². The van der Waals surface area contributed by atoms with Gasteiger partial charge in [0.2, 0.25) is 5.91 Å². The number of fused-ring (bicyclic) bond motifs is 1. The Hall–Kier alpha value is -2.83. The molecule has 28 heavy (non-hydrogen) atoms. The lowest BCUT2D eigenvalue weighted by Crippen LogP contribution is -2.37. The number of esters is 1. The molecule has 3 rings (SSSR count). The van der Waals surface area contributed by atoms with Gasteiger partial charge in [-0.25, -0.2) is 4.79 Å². The van der Waals surface area contributed by atoms with E-state index in [0.29, 0.717) is 16.5 Å². The number of carbonyl (C=O) groups is 2. The molecule has 1 aliphatic carbocycles. The number of hydrogen-bond donors (Lipinski definition) is 1. The molecule has 1 aromatic carbocycles. The molecule has 0 radical (unpaired) electrons. The second-order valence-corrected chi connectivity index (χ2v) is 7.03. The Balaban J connectivity index is 1.79. The van der Waals surface area contributed by atoms with Gasteiger partial charge < -0.3 is 19.4 Å². The van der Waals surface area contributed by atoms with Crippen molar-refractivity contribution >= 4 is 22.6 Å². The van der Waals surface area contributed by atoms with Gasteiger partial charge in [0, 0.05) is 17.6 Å². The van der Waals surface area contributed by atoms with Gasteiger partial charge in [-0.2, -0.15) is 0 Å². The van der Waals surface area contributed by atoms with E-state index in [9.17, 15) is 14.4 Å². The molecule has 1 atom stereocenters. The number of rotatable bonds is 7. The Morgan fingerprint density at radius 3 is 2.68 bits per heavy atom. The van der Waals surface area contributed by atoms with Crippen molar-refractivity contribution in [1.82, 2.24) is 9.88 Å². The maximum atomic E-state index is 12.8. The van der Waals surface area contributed by atoms with E-state index in [0.717, 1.165) is 25.7 Å². The standard InChI is InChI=1S/C21H26N2O5/c1-3-27-21(26)14(2)28-18-10-6-9-17-16(18)11-12-23(20(17)25)13-19(24)22-15-7-4-5-8-15/h6,9-12,14-15H,3-5,7-8,13H2,1-2H3,(H,22,24). The predicted molar refractivity (Wildman–Crippen MR) is 105 cm³/mol. The fraction of sp³-hybridized carbons (Fsp3) is 0.476. The van der Waals surface area contributed by atoms with Crippen LogP contribution in [0.2, 0.25) is 0 Å². The molecule has 1 unspecified atom stereocenters. The SMILES string of the molecule is CCOC(=O)C(C)Oc1cccc2c(=O)n(CC(=O)NC3CCCC3)ccc12. The van der Waals surface area contributed by atoms with Crippen molar-refractivity contribution in [2.45, 2.75) is 58.2 Å². The summed E-state index contributed by atoms with van der Waals surface area (Å²) in [6, 6.07) is 7.03. The highest BCUT2D eigenvalue weighted by atomic mass is 16.6. The van der Waals surface area contributed by atoms with Gasteiger partial charge in [0.15, 0.2) is 6.10 Å². The lowest BCUT2D eigenvalue weighted by atomic mass is 10.1. The third-order valence-electron chi connectivity index (χ3n) is 4.94. The minimum atomic E-state index is -0.787. The number of hydrogen-bond acceptors (Lipinski definition) is 5. The van der Waals surface area contributed by atoms with Crippen molar-refractivity contribution in [3.8, 4) is 5.75 Å². The molecule has 1 heterocycles. The van der Waals surface area contributed by atoms with Crippen molar-refractivity contribution in [1.29, 1.82) is 0 Å². The third kappa shape index (κ3) is 4.52. The minimum absolute atomic E-state index is 0.0183. The van der Waals surface area contributed by atoms with Crippen LogP contribution >= 0.6 is 0 Å². The van der Waals surface area contributed by atoms with Crippen LogP contribution in [0, 0.1) is 0 Å². The van der Waals surface area contributed by atoms with Crippen LogP contribution in [0.25, 0.3) is 10.8 Å². The quantitative estimate of drug-likeness (QED) is 0.739. The summed E-state index contributed by atoms with van der Waals surface area (Å²) in [5.74, 6) is -0.189. The highest BCUT2D eigenvalue weighted by molar-refractivity contribution is 5.88. The van der Waals surface area contributed by atoms with Gasteiger partial charge in [0.25, 0.3) is 5.56 Å². The van der Waals surface area contributed by atoms with Crippen LogP contribution in [0.1, 0.15) is 39.5 Å². The minimum Gasteiger partial charge on any atom is -0.478 e. The summed E-state index contributed by atoms with van der Waals surface area (Å²) in [5, 5.41) is 4.02. The molecular weight excluding hydrogens is 360 g/mol. The van der Waals surface area contributed by atoms with Crippen molar-refractivity contribution in [3.63, 3.8) is 0 Å². The lowest BCUT2D eigenvalue weighted by molar-refractivity contribution is -0.150. The van der Waals surface area contributed by atoms with E-state index < -0.39 is 12.1 Å². The molecule has 2 aromatic rings. The number of pyridine rings is 1. The Morgan fingerprint density at radius 2 is 1.96 bits per heavy atom. The highest BCUT2D eigenvalue weighted by Gasteiger charge is 2.19. The molecule has 7 nitrogen and oxygen atoms in total. The fourth-order valence-electron chi connectivity index (χ4n) is 3.51. The van der Waals surface area contributed by atoms with Crippen molar-refractivity contribution in [3.05, 3.63) is 40.8 Å². The van der Waals surface area contributed by atoms with E-state index >= 15 is 0 Å². The maximum absolute atomic E-state index is 12.8. The number of aromatic nitrogens is 1. The monoisotopic (exact) mass is 386 g/mol. The third-order valence-corrected chi connectivity index (χ3v) is 4.94. The van der Waals surface area contributed by atoms with Gasteiger partial charge in [0.1, 0.15) is 12.3 Å². The van der Waals surface area contributed by atoms with E-state index in [4.69, 9.17) is 9.47 Å². The molecule has 0 spiro atoms. The van der Waals surface area contributed by atoms with Gasteiger partial charge in [-0.05, 0) is 44.9 Å². The summed E-state index contributed by atoms with van der Waals surface area (Å²) in [7, 11) is 0. The maximum Gasteiger partial charge on any atom is 0.347 e. The molecule has 150 valence electrons. The van der Waals surface area contributed by atoms with Gasteiger partial charge in [-0.1, -0.05) is 18.9 Å². The molecule has 0 bridgehead atoms. The normalized spacial score (nSPS) is 15.4. The first-order valence-corrected chi connectivity index (χ1v) is 9.74. The largest absolute Gasteiger partial charge is 0.478 e. The Labute approximate surface area is 163 Å². The summed E-state index contributed by atoms with van der Waals surface area (Å²) in [4.78, 5) is 36.9. The average Bonchev–Trinajstić information content (AvgIpc) is 3.17. The lowest BCUT2D eigenvalue weighted by Gasteiger charge is -2.16. The van der Waals surface area contributed by atoms with Crippen LogP contribution in [0.4, 0.5) is 0 Å². The fourth-order valence-corrected chi connectivity index (χ4v) is 3.51. The zero-order valence-corrected chi connectivity index (χ0v) is 16.3. The summed E-state index contributed by atoms with van der Waals surface area (Å²) in [6.45, 7) is 3.59. The molecule has 1 aliphatic rings. The number of ether oxygens (including phenoxy) is 2. The van der Waals surface area contributed by atoms with E-state index in [2.05, 4.69) is 5.32 Å². The molecule has 1 saturated carbocycles. The molecule has 1 aromatic heterocycles. The van der Waals surface area contributed by atoms with E-state index in [1.54, 1.807) is 44.3 Å². The van der Waals surface area contributed by atoms with Crippen LogP contribution < -0.4 is 15.6 Å². The molecule has 0 saturated heterocycles. The summed E-state index contributed by atoms with van der Waals surface area (Å²) < 4.78 is 12.1. The average molecular weight is 386 g/mol. The summed E-state index contributed by atoms with van der Waals surface area (Å²) in [5.41, 5.74) is -0.270. The summed E-state index contributed by atoms with van der Waals surface area (Å²) >= 11 is 0. The van der Waals surface area contributed by atoms with Crippen LogP contribution in [-0.4, -0.2) is 35.2 Å². The van der Waals surface area contributed by atoms with E-state index in [1.165, 1.54) is 4.57 Å². The van der Waals surface area contributed by atoms with Crippen molar-refractivity contribution in [2.24, 2.45) is 0 Å². The first-order valence-electron chi connectivity index (χ1n) is 9.74. The van der Waals surface area contributed by atoms with Crippen molar-refractivity contribution in [2.75, 3.05) is 6.61 Å². The van der Waals surface area contributed by atoms with Crippen LogP contribution in [0.3, 0.4) is 0 Å². The Bertz CT molecular complexity index is 915. The number of nitrogens with zero attached hydrogens (tertiary/aromatic N) is 1. The van der Waals surface area contributed by atoms with Crippen molar-refractivity contribution < 1.29 is 19.1 Å². The van der Waals surface area contributed by atoms with Gasteiger partial charge in [-0.3, -0.25) is 9.59 Å². The Kier molecular flexibility index (Phi) is 6.34. The van der Waals surface area contributed by atoms with Crippen LogP contribution in [-0.2, 0) is 20.9 Å². The zero-order chi connectivity index (χ0) is 20.1. The molecule has 1 N–H and O–H groups in total. The first kappa shape index (κ1) is 19.9. The molecule has 7 heteroatoms. The van der Waals surface area contributed by atoms with Crippen LogP contribution in [0.5, 0.6) is 5.75 Å². The zero-order valence-electron chi connectivity index (χ0n) is 16.3. The molecule has 1 fully saturated rings. The first-order chi connectivity index (χ1) is 13.5. The predicted octanol–water partition coefficient (Wildman–Crippen LogP) is 2.39. The van der Waals surface area contributed by atoms with Gasteiger partial charge in [0.05, 0.1) is 12.0 Å². The van der Waals surface area contributed by atoms with E-state index in [-0.39, 0.29) is 30.7 Å². The highest BCUT2D eigenvalue weighted by Crippen LogP contribution is 2.24. The summed E-state index contributed by atoms with van der Waals surface area (Å²) in [6.07, 6.45) is 5.06. The van der Waals surface area contributed by atoms with Crippen LogP contribution in [0.15, 0.2) is 35.3 Å². The number of nitrogens with one attached hydrogen (secondary N) is 1. The smallest absolute Gasteiger partial charge is 0.347 e. The number of carbonyl (C=O) groups excluding carboxylic acids is 2. The number of benzene rings is 1. The van der Waals surface area contributed by atoms with E-state index in [1.807, 2.05) is 0 Å². The molecule has 0 aliphatic heterocycles. The molecule has 1 amide bonds.